The number of hydrogen-bond acceptors (Lipinski definition) is 3. The summed E-state index contributed by atoms with van der Waals surface area (Å²) in [5.41, 5.74) is 4.26. The molecule has 0 aliphatic carbocycles. The molecule has 0 radical (unpaired) electrons. The smallest absolute Gasteiger partial charge is 0.338 e. The van der Waals surface area contributed by atoms with Gasteiger partial charge in [-0.25, -0.2) is 4.79 Å². The standard InChI is InChI=1S/C33H36Cl2N2O2P/c1-23-7-13-27(14-8-23)40(28-15-9-24(2)10-16-28,29-17-11-25(3)12-18-29)36-32-30(34)21-26(22-31(32)35)33(38)39-20-19-37(4,5)6/h7-18,21-22H,19-20H2,1-6H3/q+1. The van der Waals surface area contributed by atoms with E-state index in [1.54, 1.807) is 12.1 Å². The molecule has 0 saturated carbocycles. The third-order valence-electron chi connectivity index (χ3n) is 6.72. The molecule has 0 heterocycles. The van der Waals surface area contributed by atoms with Gasteiger partial charge in [-0.05, 0) is 32.9 Å². The number of quaternary nitrogens is 1. The lowest BCUT2D eigenvalue weighted by Crippen LogP contribution is -2.38. The molecule has 4 aromatic carbocycles. The number of halogens is 2. The van der Waals surface area contributed by atoms with Crippen LogP contribution in [-0.4, -0.2) is 44.7 Å². The summed E-state index contributed by atoms with van der Waals surface area (Å²) in [7, 11) is 3.51. The van der Waals surface area contributed by atoms with Crippen LogP contribution in [0, 0.1) is 20.8 Å². The molecule has 7 heteroatoms. The highest BCUT2D eigenvalue weighted by Gasteiger charge is 2.29. The number of nitrogens with zero attached hydrogens (tertiary/aromatic N) is 2. The minimum atomic E-state index is -2.63. The Morgan fingerprint density at radius 3 is 1.45 bits per heavy atom. The second-order valence-corrected chi connectivity index (χ2v) is 15.0. The van der Waals surface area contributed by atoms with E-state index in [2.05, 4.69) is 93.6 Å². The highest BCUT2D eigenvalue weighted by Crippen LogP contribution is 2.52. The fraction of sp³-hybridized carbons (Fsp3) is 0.242. The van der Waals surface area contributed by atoms with E-state index in [0.29, 0.717) is 38.9 Å². The number of aryl methyl sites for hydroxylation is 3. The third kappa shape index (κ3) is 6.87. The van der Waals surface area contributed by atoms with Crippen molar-refractivity contribution in [2.45, 2.75) is 20.8 Å². The lowest BCUT2D eigenvalue weighted by molar-refractivity contribution is -0.870. The van der Waals surface area contributed by atoms with Gasteiger partial charge in [-0.2, -0.15) is 0 Å². The van der Waals surface area contributed by atoms with Crippen LogP contribution in [0.15, 0.2) is 89.7 Å². The van der Waals surface area contributed by atoms with Gasteiger partial charge in [0.1, 0.15) is 13.2 Å². The molecular weight excluding hydrogens is 558 g/mol. The van der Waals surface area contributed by atoms with Crippen LogP contribution in [-0.2, 0) is 4.74 Å². The summed E-state index contributed by atoms with van der Waals surface area (Å²) >= 11 is 13.7. The van der Waals surface area contributed by atoms with E-state index in [9.17, 15) is 4.79 Å². The van der Waals surface area contributed by atoms with Gasteiger partial charge in [0.05, 0.1) is 49.5 Å². The molecule has 4 rings (SSSR count). The van der Waals surface area contributed by atoms with Crippen molar-refractivity contribution in [3.05, 3.63) is 117 Å². The van der Waals surface area contributed by atoms with Crippen molar-refractivity contribution in [3.8, 4) is 0 Å². The largest absolute Gasteiger partial charge is 0.456 e. The van der Waals surface area contributed by atoms with Crippen LogP contribution >= 0.6 is 30.3 Å². The number of esters is 1. The van der Waals surface area contributed by atoms with Crippen molar-refractivity contribution in [3.63, 3.8) is 0 Å². The van der Waals surface area contributed by atoms with Crippen LogP contribution in [0.1, 0.15) is 27.0 Å². The first-order valence-electron chi connectivity index (χ1n) is 13.2. The number of likely N-dealkylation sites (N-methyl/N-ethyl adjacent to an activating group) is 1. The monoisotopic (exact) mass is 593 g/mol. The molecule has 4 aromatic rings. The Kier molecular flexibility index (Phi) is 9.27. The first-order valence-corrected chi connectivity index (χ1v) is 15.7. The zero-order valence-corrected chi connectivity index (χ0v) is 26.3. The SMILES string of the molecule is Cc1ccc(P(=Nc2c(Cl)cc(C(=O)OCC[N+](C)(C)C)cc2Cl)(c2ccc(C)cc2)c2ccc(C)cc2)cc1. The van der Waals surface area contributed by atoms with Gasteiger partial charge in [0.2, 0.25) is 0 Å². The minimum Gasteiger partial charge on any atom is -0.456 e. The maximum absolute atomic E-state index is 12.8. The second kappa shape index (κ2) is 12.3. The number of rotatable bonds is 8. The summed E-state index contributed by atoms with van der Waals surface area (Å²) in [6.07, 6.45) is 0. The van der Waals surface area contributed by atoms with Gasteiger partial charge in [-0.1, -0.05) is 113 Å². The molecule has 0 amide bonds. The molecule has 0 fully saturated rings. The van der Waals surface area contributed by atoms with E-state index in [-0.39, 0.29) is 0 Å². The zero-order chi connectivity index (χ0) is 29.1. The third-order valence-corrected chi connectivity index (χ3v) is 10.9. The normalized spacial score (nSPS) is 11.8. The molecule has 208 valence electrons. The summed E-state index contributed by atoms with van der Waals surface area (Å²) < 4.78 is 11.7. The van der Waals surface area contributed by atoms with Crippen LogP contribution in [0.5, 0.6) is 0 Å². The van der Waals surface area contributed by atoms with Crippen molar-refractivity contribution in [1.82, 2.24) is 0 Å². The van der Waals surface area contributed by atoms with Gasteiger partial charge in [-0.15, -0.1) is 0 Å². The molecule has 0 N–H and O–H groups in total. The van der Waals surface area contributed by atoms with E-state index in [0.717, 1.165) is 15.9 Å². The van der Waals surface area contributed by atoms with E-state index >= 15 is 0 Å². The summed E-state index contributed by atoms with van der Waals surface area (Å²) in [6, 6.07) is 28.8. The summed E-state index contributed by atoms with van der Waals surface area (Å²) in [4.78, 5) is 12.8. The predicted molar refractivity (Wildman–Crippen MR) is 171 cm³/mol. The van der Waals surface area contributed by atoms with E-state index in [4.69, 9.17) is 32.7 Å². The highest BCUT2D eigenvalue weighted by molar-refractivity contribution is 7.87. The summed E-state index contributed by atoms with van der Waals surface area (Å²) in [5, 5.41) is 3.87. The molecule has 0 atom stereocenters. The summed E-state index contributed by atoms with van der Waals surface area (Å²) in [6.45, 7) is 7.21. The Balaban J connectivity index is 1.94. The van der Waals surface area contributed by atoms with Crippen molar-refractivity contribution < 1.29 is 14.0 Å². The Morgan fingerprint density at radius 1 is 0.725 bits per heavy atom. The van der Waals surface area contributed by atoms with Crippen molar-refractivity contribution in [1.29, 1.82) is 0 Å². The maximum atomic E-state index is 12.8. The molecule has 0 aliphatic heterocycles. The Bertz CT molecular complexity index is 1420. The molecule has 0 saturated heterocycles. The average molecular weight is 595 g/mol. The Morgan fingerprint density at radius 2 is 1.10 bits per heavy atom. The van der Waals surface area contributed by atoms with Crippen LogP contribution in [0.4, 0.5) is 5.69 Å². The average Bonchev–Trinajstić information content (AvgIpc) is 2.89. The van der Waals surface area contributed by atoms with Crippen LogP contribution in [0.2, 0.25) is 10.0 Å². The van der Waals surface area contributed by atoms with Crippen LogP contribution in [0.25, 0.3) is 0 Å². The van der Waals surface area contributed by atoms with Crippen LogP contribution < -0.4 is 15.9 Å². The highest BCUT2D eigenvalue weighted by atomic mass is 35.5. The van der Waals surface area contributed by atoms with Gasteiger partial charge >= 0.3 is 5.97 Å². The van der Waals surface area contributed by atoms with E-state index < -0.39 is 13.0 Å². The Labute approximate surface area is 248 Å². The summed E-state index contributed by atoms with van der Waals surface area (Å²) in [5.74, 6) is -0.458. The fourth-order valence-corrected chi connectivity index (χ4v) is 8.51. The quantitative estimate of drug-likeness (QED) is 0.120. The fourth-order valence-electron chi connectivity index (χ4n) is 4.33. The second-order valence-electron chi connectivity index (χ2n) is 11.2. The molecule has 0 aliphatic rings. The molecule has 0 aromatic heterocycles. The number of carbonyl (C=O) groups is 1. The minimum absolute atomic E-state index is 0.298. The lowest BCUT2D eigenvalue weighted by Gasteiger charge is -2.28. The number of carbonyl (C=O) groups excluding carboxylic acids is 1. The van der Waals surface area contributed by atoms with Gasteiger partial charge in [-0.3, -0.25) is 4.74 Å². The first-order chi connectivity index (χ1) is 18.9. The van der Waals surface area contributed by atoms with Crippen molar-refractivity contribution in [2.24, 2.45) is 4.74 Å². The van der Waals surface area contributed by atoms with Crippen molar-refractivity contribution >= 4 is 57.8 Å². The Hall–Kier alpha value is -2.88. The number of benzene rings is 4. The van der Waals surface area contributed by atoms with E-state index in [1.807, 2.05) is 21.1 Å². The number of hydrogen-bond donors (Lipinski definition) is 0. The molecule has 0 unspecified atom stereocenters. The lowest BCUT2D eigenvalue weighted by atomic mass is 10.2. The zero-order valence-electron chi connectivity index (χ0n) is 23.9. The van der Waals surface area contributed by atoms with Crippen molar-refractivity contribution in [2.75, 3.05) is 34.3 Å². The van der Waals surface area contributed by atoms with Gasteiger partial charge in [0.15, 0.2) is 0 Å². The predicted octanol–water partition coefficient (Wildman–Crippen LogP) is 7.59. The first kappa shape index (κ1) is 30.1. The topological polar surface area (TPSA) is 38.7 Å². The van der Waals surface area contributed by atoms with Gasteiger partial charge < -0.3 is 9.22 Å². The molecule has 40 heavy (non-hydrogen) atoms. The van der Waals surface area contributed by atoms with Gasteiger partial charge in [0.25, 0.3) is 0 Å². The van der Waals surface area contributed by atoms with Crippen LogP contribution in [0.3, 0.4) is 0 Å². The molecule has 4 nitrogen and oxygen atoms in total. The molecular formula is C33H36Cl2N2O2P+. The molecule has 0 bridgehead atoms. The van der Waals surface area contributed by atoms with E-state index in [1.165, 1.54) is 16.7 Å². The number of ether oxygens (including phenoxy) is 1. The molecule has 0 spiro atoms. The van der Waals surface area contributed by atoms with Gasteiger partial charge in [0, 0.05) is 15.9 Å². The maximum Gasteiger partial charge on any atom is 0.338 e.